The SMILES string of the molecule is C[C@@H](O)[C@@H](O)C[C@@H](O)CNCc1ccccc1. The molecule has 3 atom stereocenters. The van der Waals surface area contributed by atoms with E-state index in [1.54, 1.807) is 0 Å². The van der Waals surface area contributed by atoms with E-state index in [0.717, 1.165) is 5.56 Å². The van der Waals surface area contributed by atoms with E-state index in [4.69, 9.17) is 5.11 Å². The summed E-state index contributed by atoms with van der Waals surface area (Å²) in [5.74, 6) is 0. The molecule has 1 aromatic carbocycles. The van der Waals surface area contributed by atoms with Crippen molar-refractivity contribution in [1.82, 2.24) is 5.32 Å². The van der Waals surface area contributed by atoms with Gasteiger partial charge in [-0.25, -0.2) is 0 Å². The van der Waals surface area contributed by atoms with Crippen molar-refractivity contribution in [2.75, 3.05) is 6.54 Å². The van der Waals surface area contributed by atoms with Crippen molar-refractivity contribution in [3.8, 4) is 0 Å². The molecule has 4 nitrogen and oxygen atoms in total. The van der Waals surface area contributed by atoms with Crippen molar-refractivity contribution in [2.45, 2.75) is 38.2 Å². The first kappa shape index (κ1) is 14.1. The van der Waals surface area contributed by atoms with Gasteiger partial charge < -0.3 is 20.6 Å². The zero-order valence-corrected chi connectivity index (χ0v) is 10.1. The molecule has 1 rings (SSSR count). The van der Waals surface area contributed by atoms with Gasteiger partial charge in [-0.05, 0) is 12.5 Å². The number of nitrogens with one attached hydrogen (secondary N) is 1. The van der Waals surface area contributed by atoms with Gasteiger partial charge in [0, 0.05) is 19.5 Å². The fourth-order valence-electron chi connectivity index (χ4n) is 1.54. The molecule has 0 spiro atoms. The summed E-state index contributed by atoms with van der Waals surface area (Å²) >= 11 is 0. The average Bonchev–Trinajstić information content (AvgIpc) is 2.30. The van der Waals surface area contributed by atoms with Gasteiger partial charge in [0.15, 0.2) is 0 Å². The Kier molecular flexibility index (Phi) is 6.15. The maximum atomic E-state index is 9.61. The maximum absolute atomic E-state index is 9.61. The Balaban J connectivity index is 2.18. The third-order valence-corrected chi connectivity index (χ3v) is 2.62. The molecule has 0 aliphatic carbocycles. The highest BCUT2D eigenvalue weighted by molar-refractivity contribution is 5.14. The molecule has 4 heteroatoms. The quantitative estimate of drug-likeness (QED) is 0.551. The molecule has 4 N–H and O–H groups in total. The molecular formula is C13H21NO3. The van der Waals surface area contributed by atoms with Crippen LogP contribution in [-0.2, 0) is 6.54 Å². The monoisotopic (exact) mass is 239 g/mol. The van der Waals surface area contributed by atoms with Crippen molar-refractivity contribution < 1.29 is 15.3 Å². The van der Waals surface area contributed by atoms with E-state index in [1.807, 2.05) is 30.3 Å². The van der Waals surface area contributed by atoms with Crippen LogP contribution in [0.2, 0.25) is 0 Å². The maximum Gasteiger partial charge on any atom is 0.0821 e. The number of aliphatic hydroxyl groups excluding tert-OH is 3. The standard InChI is InChI=1S/C13H21NO3/c1-10(15)13(17)7-12(16)9-14-8-11-5-3-2-4-6-11/h2-6,10,12-17H,7-9H2,1H3/t10-,12-,13+/m1/s1. The van der Waals surface area contributed by atoms with E-state index in [9.17, 15) is 10.2 Å². The lowest BCUT2D eigenvalue weighted by atomic mass is 10.1. The number of hydrogen-bond donors (Lipinski definition) is 4. The predicted molar refractivity (Wildman–Crippen MR) is 66.5 cm³/mol. The van der Waals surface area contributed by atoms with Crippen molar-refractivity contribution in [2.24, 2.45) is 0 Å². The lowest BCUT2D eigenvalue weighted by Gasteiger charge is -2.18. The van der Waals surface area contributed by atoms with Gasteiger partial charge in [0.25, 0.3) is 0 Å². The van der Waals surface area contributed by atoms with E-state index >= 15 is 0 Å². The molecule has 0 amide bonds. The number of hydrogen-bond acceptors (Lipinski definition) is 4. The van der Waals surface area contributed by atoms with Crippen molar-refractivity contribution in [3.63, 3.8) is 0 Å². The molecule has 17 heavy (non-hydrogen) atoms. The second-order valence-corrected chi connectivity index (χ2v) is 4.31. The molecule has 1 aromatic rings. The van der Waals surface area contributed by atoms with Crippen LogP contribution in [0.25, 0.3) is 0 Å². The smallest absolute Gasteiger partial charge is 0.0821 e. The Bertz CT molecular complexity index is 303. The zero-order chi connectivity index (χ0) is 12.7. The van der Waals surface area contributed by atoms with Crippen LogP contribution >= 0.6 is 0 Å². The summed E-state index contributed by atoms with van der Waals surface area (Å²) in [6.45, 7) is 2.59. The van der Waals surface area contributed by atoms with Gasteiger partial charge in [-0.3, -0.25) is 0 Å². The Morgan fingerprint density at radius 1 is 1.12 bits per heavy atom. The molecule has 96 valence electrons. The van der Waals surface area contributed by atoms with Crippen LogP contribution in [0.5, 0.6) is 0 Å². The number of rotatable bonds is 7. The van der Waals surface area contributed by atoms with Gasteiger partial charge in [0.2, 0.25) is 0 Å². The highest BCUT2D eigenvalue weighted by Crippen LogP contribution is 2.03. The summed E-state index contributed by atoms with van der Waals surface area (Å²) in [5.41, 5.74) is 1.15. The molecule has 0 bridgehead atoms. The van der Waals surface area contributed by atoms with Crippen molar-refractivity contribution in [1.29, 1.82) is 0 Å². The molecule has 0 aliphatic rings. The van der Waals surface area contributed by atoms with E-state index in [2.05, 4.69) is 5.32 Å². The summed E-state index contributed by atoms with van der Waals surface area (Å²) in [7, 11) is 0. The molecule has 0 heterocycles. The minimum atomic E-state index is -0.872. The highest BCUT2D eigenvalue weighted by atomic mass is 16.3. The Morgan fingerprint density at radius 3 is 2.35 bits per heavy atom. The first-order chi connectivity index (χ1) is 8.09. The molecule has 0 saturated heterocycles. The van der Waals surface area contributed by atoms with Crippen LogP contribution in [0, 0.1) is 0 Å². The van der Waals surface area contributed by atoms with Crippen LogP contribution in [0.4, 0.5) is 0 Å². The Labute approximate surface area is 102 Å². The van der Waals surface area contributed by atoms with E-state index in [1.165, 1.54) is 6.92 Å². The molecule has 0 unspecified atom stereocenters. The summed E-state index contributed by atoms with van der Waals surface area (Å²) < 4.78 is 0. The number of benzene rings is 1. The Morgan fingerprint density at radius 2 is 1.76 bits per heavy atom. The summed E-state index contributed by atoms with van der Waals surface area (Å²) in [6.07, 6.45) is -2.15. The van der Waals surface area contributed by atoms with E-state index in [0.29, 0.717) is 13.1 Å². The van der Waals surface area contributed by atoms with Crippen LogP contribution < -0.4 is 5.32 Å². The van der Waals surface area contributed by atoms with Gasteiger partial charge in [-0.1, -0.05) is 30.3 Å². The van der Waals surface area contributed by atoms with Gasteiger partial charge in [-0.2, -0.15) is 0 Å². The second kappa shape index (κ2) is 7.40. The van der Waals surface area contributed by atoms with Crippen molar-refractivity contribution in [3.05, 3.63) is 35.9 Å². The summed E-state index contributed by atoms with van der Waals surface area (Å²) in [4.78, 5) is 0. The van der Waals surface area contributed by atoms with Gasteiger partial charge in [0.1, 0.15) is 0 Å². The largest absolute Gasteiger partial charge is 0.392 e. The molecular weight excluding hydrogens is 218 g/mol. The minimum Gasteiger partial charge on any atom is -0.392 e. The van der Waals surface area contributed by atoms with Gasteiger partial charge >= 0.3 is 0 Å². The lowest BCUT2D eigenvalue weighted by molar-refractivity contribution is -0.00264. The predicted octanol–water partition coefficient (Wildman–Crippen LogP) is 0.269. The topological polar surface area (TPSA) is 72.7 Å². The van der Waals surface area contributed by atoms with Crippen molar-refractivity contribution >= 4 is 0 Å². The fraction of sp³-hybridized carbons (Fsp3) is 0.538. The normalized spacial score (nSPS) is 16.5. The number of aliphatic hydroxyl groups is 3. The zero-order valence-electron chi connectivity index (χ0n) is 10.1. The Hall–Kier alpha value is -0.940. The third kappa shape index (κ3) is 5.79. The van der Waals surface area contributed by atoms with Crippen LogP contribution in [0.3, 0.4) is 0 Å². The third-order valence-electron chi connectivity index (χ3n) is 2.62. The summed E-state index contributed by atoms with van der Waals surface area (Å²) in [6, 6.07) is 9.89. The van der Waals surface area contributed by atoms with Crippen LogP contribution in [-0.4, -0.2) is 40.2 Å². The average molecular weight is 239 g/mol. The van der Waals surface area contributed by atoms with Crippen LogP contribution in [0.1, 0.15) is 18.9 Å². The lowest BCUT2D eigenvalue weighted by Crippen LogP contribution is -2.33. The second-order valence-electron chi connectivity index (χ2n) is 4.31. The molecule has 0 radical (unpaired) electrons. The molecule has 0 fully saturated rings. The minimum absolute atomic E-state index is 0.180. The molecule has 0 aliphatic heterocycles. The van der Waals surface area contributed by atoms with Gasteiger partial charge in [0.05, 0.1) is 18.3 Å². The molecule has 0 aromatic heterocycles. The fourth-order valence-corrected chi connectivity index (χ4v) is 1.54. The van der Waals surface area contributed by atoms with E-state index in [-0.39, 0.29) is 6.42 Å². The highest BCUT2D eigenvalue weighted by Gasteiger charge is 2.15. The van der Waals surface area contributed by atoms with E-state index < -0.39 is 18.3 Å². The first-order valence-electron chi connectivity index (χ1n) is 5.88. The van der Waals surface area contributed by atoms with Gasteiger partial charge in [-0.15, -0.1) is 0 Å². The van der Waals surface area contributed by atoms with Crippen LogP contribution in [0.15, 0.2) is 30.3 Å². The summed E-state index contributed by atoms with van der Waals surface area (Å²) in [5, 5.41) is 31.2. The molecule has 0 saturated carbocycles. The first-order valence-corrected chi connectivity index (χ1v) is 5.88.